The number of hydrogen-bond acceptors (Lipinski definition) is 8. The number of ether oxygens (including phenoxy) is 3. The Balaban J connectivity index is 1.51. The van der Waals surface area contributed by atoms with E-state index < -0.39 is 49.0 Å². The molecule has 0 bridgehead atoms. The summed E-state index contributed by atoms with van der Waals surface area (Å²) in [6.07, 6.45) is -3.69. The molecule has 0 aromatic carbocycles. The fraction of sp³-hybridized carbons (Fsp3) is 1.00. The van der Waals surface area contributed by atoms with Crippen molar-refractivity contribution in [1.82, 2.24) is 0 Å². The van der Waals surface area contributed by atoms with Crippen LogP contribution < -0.4 is 0 Å². The molecular formula is C21H37O9+. The highest BCUT2D eigenvalue weighted by atomic mass is 16.7. The Morgan fingerprint density at radius 3 is 2.20 bits per heavy atom. The summed E-state index contributed by atoms with van der Waals surface area (Å²) >= 11 is 0. The molecule has 0 amide bonds. The minimum absolute atomic E-state index is 0.141. The van der Waals surface area contributed by atoms with E-state index in [-0.39, 0.29) is 30.1 Å². The summed E-state index contributed by atoms with van der Waals surface area (Å²) in [7, 11) is 0. The van der Waals surface area contributed by atoms with Gasteiger partial charge in [0.2, 0.25) is 0 Å². The Bertz CT molecular complexity index is 569. The van der Waals surface area contributed by atoms with Gasteiger partial charge in [-0.1, -0.05) is 0 Å². The monoisotopic (exact) mass is 433 g/mol. The summed E-state index contributed by atoms with van der Waals surface area (Å²) in [5.41, 5.74) is 0. The lowest BCUT2D eigenvalue weighted by molar-refractivity contribution is -0.352. The van der Waals surface area contributed by atoms with Gasteiger partial charge in [-0.15, -0.1) is 0 Å². The van der Waals surface area contributed by atoms with Crippen molar-refractivity contribution in [2.24, 2.45) is 11.8 Å². The van der Waals surface area contributed by atoms with Crippen LogP contribution in [0.4, 0.5) is 0 Å². The van der Waals surface area contributed by atoms with Gasteiger partial charge < -0.3 is 44.8 Å². The lowest BCUT2D eigenvalue weighted by Crippen LogP contribution is -2.62. The lowest BCUT2D eigenvalue weighted by Gasteiger charge is -2.48. The zero-order valence-corrected chi connectivity index (χ0v) is 17.4. The second-order valence-electron chi connectivity index (χ2n) is 9.72. The normalized spacial score (nSPS) is 55.1. The molecule has 4 rings (SSSR count). The van der Waals surface area contributed by atoms with Crippen LogP contribution in [-0.4, -0.2) is 103 Å². The molecule has 2 heterocycles. The van der Waals surface area contributed by atoms with Crippen molar-refractivity contribution in [1.29, 1.82) is 0 Å². The van der Waals surface area contributed by atoms with Crippen LogP contribution in [0.25, 0.3) is 0 Å². The molecule has 4 aliphatic rings. The first-order valence-electron chi connectivity index (χ1n) is 11.3. The van der Waals surface area contributed by atoms with Crippen LogP contribution >= 0.6 is 0 Å². The molecule has 2 saturated carbocycles. The van der Waals surface area contributed by atoms with Gasteiger partial charge in [-0.3, -0.25) is 0 Å². The van der Waals surface area contributed by atoms with Gasteiger partial charge in [0.15, 0.2) is 18.5 Å². The van der Waals surface area contributed by atoms with Crippen molar-refractivity contribution in [3.8, 4) is 0 Å². The minimum atomic E-state index is -1.39. The number of hydrogen-bond donors (Lipinski definition) is 6. The first kappa shape index (κ1) is 22.8. The van der Waals surface area contributed by atoms with E-state index in [0.717, 1.165) is 12.8 Å². The predicted octanol–water partition coefficient (Wildman–Crippen LogP) is -1.45. The molecule has 4 fully saturated rings. The Hall–Kier alpha value is -0.360. The van der Waals surface area contributed by atoms with Gasteiger partial charge in [0, 0.05) is 18.8 Å². The highest BCUT2D eigenvalue weighted by Crippen LogP contribution is 2.42. The van der Waals surface area contributed by atoms with Crippen LogP contribution in [0.1, 0.15) is 51.9 Å². The molecule has 2 aliphatic carbocycles. The van der Waals surface area contributed by atoms with Crippen LogP contribution in [0.2, 0.25) is 0 Å². The Kier molecular flexibility index (Phi) is 7.04. The minimum Gasteiger partial charge on any atom is -0.427 e. The van der Waals surface area contributed by atoms with Gasteiger partial charge in [-0.2, -0.15) is 0 Å². The molecule has 9 nitrogen and oxygen atoms in total. The summed E-state index contributed by atoms with van der Waals surface area (Å²) in [5, 5.41) is 61.0. The quantitative estimate of drug-likeness (QED) is 0.296. The first-order valence-corrected chi connectivity index (χ1v) is 11.3. The van der Waals surface area contributed by atoms with E-state index in [1.54, 1.807) is 6.92 Å². The molecule has 11 atom stereocenters. The average molecular weight is 434 g/mol. The largest absolute Gasteiger partial charge is 0.427 e. The van der Waals surface area contributed by atoms with E-state index in [9.17, 15) is 30.6 Å². The van der Waals surface area contributed by atoms with Crippen molar-refractivity contribution in [3.05, 3.63) is 0 Å². The van der Waals surface area contributed by atoms with E-state index >= 15 is 0 Å². The fourth-order valence-corrected chi connectivity index (χ4v) is 5.77. The van der Waals surface area contributed by atoms with Gasteiger partial charge in [-0.05, 0) is 39.0 Å². The molecule has 0 aromatic heterocycles. The zero-order valence-electron chi connectivity index (χ0n) is 17.4. The third-order valence-electron chi connectivity index (χ3n) is 7.61. The number of fused-ring (bicyclic) bond motifs is 1. The van der Waals surface area contributed by atoms with Crippen LogP contribution in [-0.2, 0) is 9.47 Å². The molecule has 0 radical (unpaired) electrons. The predicted molar refractivity (Wildman–Crippen MR) is 104 cm³/mol. The summed E-state index contributed by atoms with van der Waals surface area (Å²) in [6.45, 7) is 1.61. The standard InChI is InChI=1S/C21H36O9/c1-9-17(25)18(26)19(27)21(28-9)30-16-8-13-14(24)6-12(23)7-15(13)29-20(16)10-2-4-11(22)5-3-10/h9-27H,2-8H2,1H3/p+1/t9-,10?,11?,12?,13?,14?,15?,16?,17-,18+,19+,20?,21-/m0/s1. The van der Waals surface area contributed by atoms with E-state index in [1.165, 1.54) is 0 Å². The van der Waals surface area contributed by atoms with Gasteiger partial charge in [-0.25, -0.2) is 0 Å². The average Bonchev–Trinajstić information content (AvgIpc) is 2.71. The van der Waals surface area contributed by atoms with Crippen molar-refractivity contribution >= 4 is 0 Å². The highest BCUT2D eigenvalue weighted by molar-refractivity contribution is 4.97. The van der Waals surface area contributed by atoms with Gasteiger partial charge in [0.05, 0.1) is 30.3 Å². The molecule has 7 N–H and O–H groups in total. The Morgan fingerprint density at radius 2 is 1.50 bits per heavy atom. The maximum atomic E-state index is 10.5. The van der Waals surface area contributed by atoms with E-state index in [1.807, 2.05) is 0 Å². The van der Waals surface area contributed by atoms with Gasteiger partial charge in [0.1, 0.15) is 24.4 Å². The second kappa shape index (κ2) is 9.25. The molecule has 0 aromatic rings. The fourth-order valence-electron chi connectivity index (χ4n) is 5.77. The molecule has 9 heteroatoms. The van der Waals surface area contributed by atoms with Crippen LogP contribution in [0.3, 0.4) is 0 Å². The third-order valence-corrected chi connectivity index (χ3v) is 7.61. The molecule has 2 saturated heterocycles. The van der Waals surface area contributed by atoms with E-state index in [0.29, 0.717) is 32.1 Å². The van der Waals surface area contributed by atoms with Gasteiger partial charge >= 0.3 is 0 Å². The summed E-state index contributed by atoms with van der Waals surface area (Å²) in [6, 6.07) is 0. The molecule has 174 valence electrons. The molecular weight excluding hydrogens is 396 g/mol. The zero-order chi connectivity index (χ0) is 21.6. The maximum absolute atomic E-state index is 10.5. The molecule has 6 unspecified atom stereocenters. The summed E-state index contributed by atoms with van der Waals surface area (Å²) in [4.78, 5) is 0. The second-order valence-corrected chi connectivity index (χ2v) is 9.72. The van der Waals surface area contributed by atoms with Gasteiger partial charge in [0.25, 0.3) is 0 Å². The van der Waals surface area contributed by atoms with E-state index in [2.05, 4.69) is 0 Å². The van der Waals surface area contributed by atoms with Crippen molar-refractivity contribution < 1.29 is 44.8 Å². The number of rotatable bonds is 3. The first-order chi connectivity index (χ1) is 14.2. The molecule has 0 spiro atoms. The van der Waals surface area contributed by atoms with Crippen LogP contribution in [0.5, 0.6) is 0 Å². The van der Waals surface area contributed by atoms with Crippen molar-refractivity contribution in [3.63, 3.8) is 0 Å². The molecule has 30 heavy (non-hydrogen) atoms. The maximum Gasteiger partial charge on any atom is 0.187 e. The van der Waals surface area contributed by atoms with Crippen LogP contribution in [0, 0.1) is 11.8 Å². The van der Waals surface area contributed by atoms with Crippen molar-refractivity contribution in [2.45, 2.75) is 119 Å². The Morgan fingerprint density at radius 1 is 0.800 bits per heavy atom. The Labute approximate surface area is 176 Å². The molecule has 2 aliphatic heterocycles. The summed E-state index contributed by atoms with van der Waals surface area (Å²) in [5.74, 6) is 0.0572. The lowest BCUT2D eigenvalue weighted by atomic mass is 9.73. The van der Waals surface area contributed by atoms with E-state index in [4.69, 9.17) is 14.2 Å². The van der Waals surface area contributed by atoms with Crippen LogP contribution in [0.15, 0.2) is 0 Å². The SMILES string of the molecule is C[C@@H]1O[C@@H](OC2CC3C(O)CC(O)CC3[OH+]C2C2CCC(O)CC2)[C@H](O)[C@H](O)[C@H]1O. The number of aliphatic hydroxyl groups is 8. The highest BCUT2D eigenvalue weighted by Gasteiger charge is 2.53. The summed E-state index contributed by atoms with van der Waals surface area (Å²) < 4.78 is 16.8. The third kappa shape index (κ3) is 4.55. The smallest absolute Gasteiger partial charge is 0.187 e. The topological polar surface area (TPSA) is 153 Å². The van der Waals surface area contributed by atoms with Crippen molar-refractivity contribution in [2.75, 3.05) is 0 Å². The number of aliphatic hydroxyl groups excluding tert-OH is 6.